The van der Waals surface area contributed by atoms with Crippen LogP contribution in [0.2, 0.25) is 5.02 Å². The standard InChI is InChI=1S/C17H23ClN2O2/c1-19-12-4-5-15(18)14(10-12)16(21)20-13-6-9-22-17(11-13)7-2-3-8-17/h4-5,10,13,19H,2-3,6-9,11H2,1H3,(H,20,21). The predicted octanol–water partition coefficient (Wildman–Crippen LogP) is 3.60. The molecule has 1 aromatic carbocycles. The van der Waals surface area contributed by atoms with E-state index in [1.54, 1.807) is 12.1 Å². The van der Waals surface area contributed by atoms with Gasteiger partial charge in [0.1, 0.15) is 0 Å². The van der Waals surface area contributed by atoms with Crippen LogP contribution >= 0.6 is 11.6 Å². The monoisotopic (exact) mass is 322 g/mol. The molecule has 1 heterocycles. The number of hydrogen-bond acceptors (Lipinski definition) is 3. The molecule has 22 heavy (non-hydrogen) atoms. The first-order valence-electron chi connectivity index (χ1n) is 8.04. The Morgan fingerprint density at radius 2 is 2.14 bits per heavy atom. The molecule has 120 valence electrons. The normalized spacial score (nSPS) is 23.5. The van der Waals surface area contributed by atoms with E-state index in [1.165, 1.54) is 12.8 Å². The molecule has 1 saturated heterocycles. The van der Waals surface area contributed by atoms with Gasteiger partial charge in [0, 0.05) is 25.4 Å². The van der Waals surface area contributed by atoms with Gasteiger partial charge in [-0.15, -0.1) is 0 Å². The maximum absolute atomic E-state index is 12.5. The summed E-state index contributed by atoms with van der Waals surface area (Å²) in [5.41, 5.74) is 1.42. The maximum atomic E-state index is 12.5. The summed E-state index contributed by atoms with van der Waals surface area (Å²) in [5, 5.41) is 6.67. The molecule has 2 fully saturated rings. The van der Waals surface area contributed by atoms with E-state index >= 15 is 0 Å². The molecule has 1 atom stereocenters. The second-order valence-electron chi connectivity index (χ2n) is 6.35. The van der Waals surface area contributed by atoms with E-state index in [-0.39, 0.29) is 17.6 Å². The van der Waals surface area contributed by atoms with Gasteiger partial charge in [-0.3, -0.25) is 4.79 Å². The Hall–Kier alpha value is -1.26. The van der Waals surface area contributed by atoms with Gasteiger partial charge in [0.2, 0.25) is 0 Å². The molecule has 4 nitrogen and oxygen atoms in total. The molecule has 0 radical (unpaired) electrons. The van der Waals surface area contributed by atoms with Gasteiger partial charge in [-0.05, 0) is 43.9 Å². The summed E-state index contributed by atoms with van der Waals surface area (Å²) in [4.78, 5) is 12.5. The molecule has 1 aliphatic heterocycles. The van der Waals surface area contributed by atoms with Crippen molar-refractivity contribution in [2.75, 3.05) is 19.0 Å². The predicted molar refractivity (Wildman–Crippen MR) is 88.6 cm³/mol. The quantitative estimate of drug-likeness (QED) is 0.894. The van der Waals surface area contributed by atoms with Crippen LogP contribution < -0.4 is 10.6 Å². The Kier molecular flexibility index (Phi) is 4.59. The smallest absolute Gasteiger partial charge is 0.253 e. The van der Waals surface area contributed by atoms with Gasteiger partial charge in [-0.25, -0.2) is 0 Å². The first-order chi connectivity index (χ1) is 10.6. The first kappa shape index (κ1) is 15.6. The van der Waals surface area contributed by atoms with Crippen molar-refractivity contribution in [2.24, 2.45) is 0 Å². The summed E-state index contributed by atoms with van der Waals surface area (Å²) in [7, 11) is 1.83. The summed E-state index contributed by atoms with van der Waals surface area (Å²) >= 11 is 6.17. The lowest BCUT2D eigenvalue weighted by Crippen LogP contribution is -2.47. The van der Waals surface area contributed by atoms with Gasteiger partial charge in [-0.2, -0.15) is 0 Å². The Morgan fingerprint density at radius 3 is 2.86 bits per heavy atom. The number of hydrogen-bond donors (Lipinski definition) is 2. The van der Waals surface area contributed by atoms with Crippen LogP contribution in [0.5, 0.6) is 0 Å². The minimum atomic E-state index is -0.0952. The first-order valence-corrected chi connectivity index (χ1v) is 8.42. The number of nitrogens with one attached hydrogen (secondary N) is 2. The molecule has 0 aromatic heterocycles. The van der Waals surface area contributed by atoms with Gasteiger partial charge < -0.3 is 15.4 Å². The highest BCUT2D eigenvalue weighted by atomic mass is 35.5. The molecule has 1 aliphatic carbocycles. The molecule has 2 N–H and O–H groups in total. The van der Waals surface area contributed by atoms with Crippen LogP contribution in [0.15, 0.2) is 18.2 Å². The lowest BCUT2D eigenvalue weighted by molar-refractivity contribution is -0.0823. The zero-order chi connectivity index (χ0) is 15.6. The van der Waals surface area contributed by atoms with Crippen LogP contribution in [0, 0.1) is 0 Å². The molecule has 1 aromatic rings. The minimum Gasteiger partial charge on any atom is -0.388 e. The van der Waals surface area contributed by atoms with E-state index in [0.717, 1.165) is 38.0 Å². The van der Waals surface area contributed by atoms with Crippen LogP contribution in [-0.4, -0.2) is 31.2 Å². The molecule has 0 bridgehead atoms. The van der Waals surface area contributed by atoms with E-state index in [0.29, 0.717) is 10.6 Å². The molecule has 1 saturated carbocycles. The van der Waals surface area contributed by atoms with E-state index < -0.39 is 0 Å². The number of amides is 1. The fraction of sp³-hybridized carbons (Fsp3) is 0.588. The number of ether oxygens (including phenoxy) is 1. The Balaban J connectivity index is 1.68. The van der Waals surface area contributed by atoms with Crippen LogP contribution in [-0.2, 0) is 4.74 Å². The van der Waals surface area contributed by atoms with Crippen molar-refractivity contribution in [1.82, 2.24) is 5.32 Å². The van der Waals surface area contributed by atoms with Crippen LogP contribution in [0.4, 0.5) is 5.69 Å². The third-order valence-corrected chi connectivity index (χ3v) is 5.17. The van der Waals surface area contributed by atoms with E-state index in [9.17, 15) is 4.79 Å². The van der Waals surface area contributed by atoms with Gasteiger partial charge in [-0.1, -0.05) is 24.4 Å². The van der Waals surface area contributed by atoms with Crippen LogP contribution in [0.25, 0.3) is 0 Å². The average Bonchev–Trinajstić information content (AvgIpc) is 2.95. The topological polar surface area (TPSA) is 50.4 Å². The summed E-state index contributed by atoms with van der Waals surface area (Å²) in [5.74, 6) is -0.0952. The molecule has 5 heteroatoms. The van der Waals surface area contributed by atoms with E-state index in [1.807, 2.05) is 13.1 Å². The number of rotatable bonds is 3. The van der Waals surface area contributed by atoms with Crippen molar-refractivity contribution in [3.63, 3.8) is 0 Å². The number of anilines is 1. The highest BCUT2D eigenvalue weighted by Crippen LogP contribution is 2.40. The zero-order valence-corrected chi connectivity index (χ0v) is 13.7. The summed E-state index contributed by atoms with van der Waals surface area (Å²) in [6, 6.07) is 5.59. The molecule has 2 aliphatic rings. The molecule has 3 rings (SSSR count). The zero-order valence-electron chi connectivity index (χ0n) is 13.0. The highest BCUT2D eigenvalue weighted by Gasteiger charge is 2.40. The second-order valence-corrected chi connectivity index (χ2v) is 6.75. The van der Waals surface area contributed by atoms with Crippen molar-refractivity contribution in [3.05, 3.63) is 28.8 Å². The number of carbonyl (C=O) groups excluding carboxylic acids is 1. The van der Waals surface area contributed by atoms with Crippen molar-refractivity contribution in [1.29, 1.82) is 0 Å². The molecular formula is C17H23ClN2O2. The molecule has 1 spiro atoms. The third kappa shape index (κ3) is 3.23. The second kappa shape index (κ2) is 6.47. The summed E-state index contributed by atoms with van der Waals surface area (Å²) in [6.45, 7) is 0.731. The fourth-order valence-electron chi connectivity index (χ4n) is 3.64. The van der Waals surface area contributed by atoms with Crippen molar-refractivity contribution >= 4 is 23.2 Å². The van der Waals surface area contributed by atoms with Gasteiger partial charge >= 0.3 is 0 Å². The summed E-state index contributed by atoms with van der Waals surface area (Å²) in [6.07, 6.45) is 6.50. The largest absolute Gasteiger partial charge is 0.388 e. The lowest BCUT2D eigenvalue weighted by Gasteiger charge is -2.38. The van der Waals surface area contributed by atoms with Crippen molar-refractivity contribution in [3.8, 4) is 0 Å². The molecule has 1 amide bonds. The minimum absolute atomic E-state index is 0.00676. The summed E-state index contributed by atoms with van der Waals surface area (Å²) < 4.78 is 6.02. The van der Waals surface area contributed by atoms with Gasteiger partial charge in [0.15, 0.2) is 0 Å². The lowest BCUT2D eigenvalue weighted by atomic mass is 9.89. The number of benzene rings is 1. The van der Waals surface area contributed by atoms with Crippen molar-refractivity contribution < 1.29 is 9.53 Å². The van der Waals surface area contributed by atoms with Gasteiger partial charge in [0.25, 0.3) is 5.91 Å². The highest BCUT2D eigenvalue weighted by molar-refractivity contribution is 6.34. The van der Waals surface area contributed by atoms with Gasteiger partial charge in [0.05, 0.1) is 16.2 Å². The molecular weight excluding hydrogens is 300 g/mol. The SMILES string of the molecule is CNc1ccc(Cl)c(C(=O)NC2CCOC3(CCCC3)C2)c1. The van der Waals surface area contributed by atoms with Crippen LogP contribution in [0.1, 0.15) is 48.9 Å². The van der Waals surface area contributed by atoms with E-state index in [4.69, 9.17) is 16.3 Å². The Bertz CT molecular complexity index is 556. The fourth-order valence-corrected chi connectivity index (χ4v) is 3.84. The van der Waals surface area contributed by atoms with Crippen LogP contribution in [0.3, 0.4) is 0 Å². The van der Waals surface area contributed by atoms with Crippen molar-refractivity contribution in [2.45, 2.75) is 50.2 Å². The Morgan fingerprint density at radius 1 is 1.36 bits per heavy atom. The number of halogens is 1. The molecule has 1 unspecified atom stereocenters. The average molecular weight is 323 g/mol. The Labute approximate surface area is 136 Å². The number of carbonyl (C=O) groups is 1. The van der Waals surface area contributed by atoms with E-state index in [2.05, 4.69) is 10.6 Å². The third-order valence-electron chi connectivity index (χ3n) is 4.84. The maximum Gasteiger partial charge on any atom is 0.253 e.